The van der Waals surface area contributed by atoms with Gasteiger partial charge in [0.25, 0.3) is 0 Å². The molecule has 0 aromatic rings. The van der Waals surface area contributed by atoms with E-state index in [0.29, 0.717) is 18.9 Å². The summed E-state index contributed by atoms with van der Waals surface area (Å²) in [6, 6.07) is 0.245. The summed E-state index contributed by atoms with van der Waals surface area (Å²) in [5, 5.41) is 9.43. The molecule has 0 spiro atoms. The zero-order valence-electron chi connectivity index (χ0n) is 13.8. The number of carbonyl (C=O) groups is 1. The minimum atomic E-state index is 0.0855. The van der Waals surface area contributed by atoms with Gasteiger partial charge >= 0.3 is 0 Å². The zero-order valence-corrected chi connectivity index (χ0v) is 13.8. The molecule has 1 atom stereocenters. The van der Waals surface area contributed by atoms with E-state index in [9.17, 15) is 4.79 Å². The summed E-state index contributed by atoms with van der Waals surface area (Å²) in [7, 11) is 1.75. The molecule has 0 rings (SSSR count). The monoisotopic (exact) mass is 284 g/mol. The number of aliphatic imine (C=N–C) groups is 1. The van der Waals surface area contributed by atoms with Crippen LogP contribution < -0.4 is 16.0 Å². The molecule has 20 heavy (non-hydrogen) atoms. The quantitative estimate of drug-likeness (QED) is 0.447. The third-order valence-electron chi connectivity index (χ3n) is 3.60. The average molecular weight is 284 g/mol. The smallest absolute Gasteiger partial charge is 0.221 e. The predicted molar refractivity (Wildman–Crippen MR) is 85.9 cm³/mol. The van der Waals surface area contributed by atoms with Gasteiger partial charge in [0.05, 0.1) is 0 Å². The van der Waals surface area contributed by atoms with Crippen molar-refractivity contribution in [2.75, 3.05) is 20.1 Å². The number of nitrogens with zero attached hydrogens (tertiary/aromatic N) is 1. The lowest BCUT2D eigenvalue weighted by Gasteiger charge is -2.17. The number of nitrogens with one attached hydrogen (secondary N) is 3. The number of hydrogen-bond acceptors (Lipinski definition) is 2. The second kappa shape index (κ2) is 11.6. The molecule has 0 radical (unpaired) electrons. The van der Waals surface area contributed by atoms with Crippen LogP contribution in [0.4, 0.5) is 0 Å². The van der Waals surface area contributed by atoms with E-state index in [1.54, 1.807) is 7.05 Å². The largest absolute Gasteiger partial charge is 0.356 e. The van der Waals surface area contributed by atoms with Crippen molar-refractivity contribution in [2.45, 2.75) is 59.4 Å². The summed E-state index contributed by atoms with van der Waals surface area (Å²) in [6.07, 6.45) is 3.75. The number of amides is 1. The van der Waals surface area contributed by atoms with Crippen LogP contribution in [-0.2, 0) is 4.79 Å². The highest BCUT2D eigenvalue weighted by molar-refractivity contribution is 5.81. The summed E-state index contributed by atoms with van der Waals surface area (Å²) in [4.78, 5) is 15.8. The first kappa shape index (κ1) is 18.7. The molecule has 0 saturated carbocycles. The molecule has 0 aliphatic heterocycles. The number of guanidine groups is 1. The molecule has 0 bridgehead atoms. The Hall–Kier alpha value is -1.26. The molecule has 118 valence electrons. The number of rotatable bonds is 9. The van der Waals surface area contributed by atoms with E-state index in [1.165, 1.54) is 0 Å². The van der Waals surface area contributed by atoms with Crippen LogP contribution in [0.15, 0.2) is 4.99 Å². The maximum absolute atomic E-state index is 11.6. The Morgan fingerprint density at radius 2 is 1.75 bits per heavy atom. The van der Waals surface area contributed by atoms with Gasteiger partial charge in [-0.25, -0.2) is 0 Å². The van der Waals surface area contributed by atoms with Gasteiger partial charge in [-0.05, 0) is 19.3 Å². The van der Waals surface area contributed by atoms with E-state index in [-0.39, 0.29) is 11.9 Å². The van der Waals surface area contributed by atoms with Crippen molar-refractivity contribution >= 4 is 11.9 Å². The van der Waals surface area contributed by atoms with Crippen LogP contribution in [0.1, 0.15) is 53.4 Å². The topological polar surface area (TPSA) is 65.5 Å². The van der Waals surface area contributed by atoms with E-state index in [2.05, 4.69) is 41.7 Å². The highest BCUT2D eigenvalue weighted by Gasteiger charge is 2.07. The third kappa shape index (κ3) is 8.77. The lowest BCUT2D eigenvalue weighted by atomic mass is 10.0. The Balaban J connectivity index is 3.88. The van der Waals surface area contributed by atoms with Crippen LogP contribution in [-0.4, -0.2) is 38.0 Å². The Labute approximate surface area is 124 Å². The number of hydrogen-bond donors (Lipinski definition) is 3. The van der Waals surface area contributed by atoms with Gasteiger partial charge in [-0.3, -0.25) is 9.79 Å². The SMILES string of the molecule is CCC(CC)CNC(=NC)NCCC(=O)NC(C)CC. The van der Waals surface area contributed by atoms with E-state index in [1.807, 2.05) is 6.92 Å². The fraction of sp³-hybridized carbons (Fsp3) is 0.867. The summed E-state index contributed by atoms with van der Waals surface area (Å²) in [6.45, 7) is 10.0. The fourth-order valence-corrected chi connectivity index (χ4v) is 1.78. The molecule has 0 aliphatic rings. The maximum Gasteiger partial charge on any atom is 0.221 e. The molecule has 0 heterocycles. The maximum atomic E-state index is 11.6. The van der Waals surface area contributed by atoms with Crippen molar-refractivity contribution in [3.63, 3.8) is 0 Å². The van der Waals surface area contributed by atoms with Crippen LogP contribution >= 0.6 is 0 Å². The molecule has 3 N–H and O–H groups in total. The van der Waals surface area contributed by atoms with Crippen molar-refractivity contribution in [2.24, 2.45) is 10.9 Å². The molecule has 0 aliphatic carbocycles. The molecule has 0 aromatic heterocycles. The van der Waals surface area contributed by atoms with Gasteiger partial charge in [-0.1, -0.05) is 33.6 Å². The Morgan fingerprint density at radius 3 is 2.25 bits per heavy atom. The normalized spacial score (nSPS) is 13.2. The molecular weight excluding hydrogens is 252 g/mol. The summed E-state index contributed by atoms with van der Waals surface area (Å²) in [5.41, 5.74) is 0. The standard InChI is InChI=1S/C15H32N4O/c1-6-12(4)19-14(20)9-10-17-15(16-5)18-11-13(7-2)8-3/h12-13H,6-11H2,1-5H3,(H,19,20)(H2,16,17,18). The molecule has 0 saturated heterocycles. The highest BCUT2D eigenvalue weighted by atomic mass is 16.1. The van der Waals surface area contributed by atoms with Gasteiger partial charge in [0.15, 0.2) is 5.96 Å². The van der Waals surface area contributed by atoms with E-state index in [0.717, 1.165) is 31.8 Å². The number of carbonyl (C=O) groups excluding carboxylic acids is 1. The van der Waals surface area contributed by atoms with Crippen molar-refractivity contribution in [1.29, 1.82) is 0 Å². The second-order valence-electron chi connectivity index (χ2n) is 5.19. The highest BCUT2D eigenvalue weighted by Crippen LogP contribution is 2.04. The lowest BCUT2D eigenvalue weighted by molar-refractivity contribution is -0.121. The van der Waals surface area contributed by atoms with Gasteiger partial charge in [0.1, 0.15) is 0 Å². The van der Waals surface area contributed by atoms with Crippen LogP contribution in [0.5, 0.6) is 0 Å². The third-order valence-corrected chi connectivity index (χ3v) is 3.60. The van der Waals surface area contributed by atoms with Crippen molar-refractivity contribution in [3.05, 3.63) is 0 Å². The predicted octanol–water partition coefficient (Wildman–Crippen LogP) is 1.89. The molecule has 0 aromatic carbocycles. The first-order chi connectivity index (χ1) is 9.57. The molecule has 1 unspecified atom stereocenters. The van der Waals surface area contributed by atoms with Crippen molar-refractivity contribution in [3.8, 4) is 0 Å². The molecule has 1 amide bonds. The van der Waals surface area contributed by atoms with Crippen LogP contribution in [0, 0.1) is 5.92 Å². The molecule has 0 fully saturated rings. The molecule has 5 heteroatoms. The van der Waals surface area contributed by atoms with Crippen molar-refractivity contribution < 1.29 is 4.79 Å². The first-order valence-corrected chi connectivity index (χ1v) is 7.81. The van der Waals surface area contributed by atoms with Gasteiger partial charge in [-0.2, -0.15) is 0 Å². The Kier molecular flexibility index (Phi) is 10.8. The Bertz CT molecular complexity index is 288. The van der Waals surface area contributed by atoms with Gasteiger partial charge < -0.3 is 16.0 Å². The van der Waals surface area contributed by atoms with Gasteiger partial charge in [0.2, 0.25) is 5.91 Å². The molecular formula is C15H32N4O. The van der Waals surface area contributed by atoms with Crippen LogP contribution in [0.3, 0.4) is 0 Å². The van der Waals surface area contributed by atoms with E-state index in [4.69, 9.17) is 0 Å². The molecule has 5 nitrogen and oxygen atoms in total. The summed E-state index contributed by atoms with van der Waals surface area (Å²) < 4.78 is 0. The second-order valence-corrected chi connectivity index (χ2v) is 5.19. The van der Waals surface area contributed by atoms with E-state index >= 15 is 0 Å². The fourth-order valence-electron chi connectivity index (χ4n) is 1.78. The minimum absolute atomic E-state index is 0.0855. The van der Waals surface area contributed by atoms with Crippen LogP contribution in [0.2, 0.25) is 0 Å². The van der Waals surface area contributed by atoms with Crippen LogP contribution in [0.25, 0.3) is 0 Å². The Morgan fingerprint density at radius 1 is 1.10 bits per heavy atom. The first-order valence-electron chi connectivity index (χ1n) is 7.81. The minimum Gasteiger partial charge on any atom is -0.356 e. The van der Waals surface area contributed by atoms with Gasteiger partial charge in [-0.15, -0.1) is 0 Å². The van der Waals surface area contributed by atoms with Gasteiger partial charge in [0, 0.05) is 32.6 Å². The summed E-state index contributed by atoms with van der Waals surface area (Å²) in [5.74, 6) is 1.53. The lowest BCUT2D eigenvalue weighted by Crippen LogP contribution is -2.41. The summed E-state index contributed by atoms with van der Waals surface area (Å²) >= 11 is 0. The average Bonchev–Trinajstić information content (AvgIpc) is 2.46. The van der Waals surface area contributed by atoms with Crippen molar-refractivity contribution in [1.82, 2.24) is 16.0 Å². The van der Waals surface area contributed by atoms with E-state index < -0.39 is 0 Å². The zero-order chi connectivity index (χ0) is 15.4.